The number of hydrogen-bond donors (Lipinski definition) is 1. The Kier molecular flexibility index (Phi) is 4.08. The van der Waals surface area contributed by atoms with Gasteiger partial charge in [0.15, 0.2) is 0 Å². The second-order valence-electron chi connectivity index (χ2n) is 6.76. The normalized spacial score (nSPS) is 15.5. The van der Waals surface area contributed by atoms with E-state index in [1.165, 1.54) is 11.1 Å². The number of benzene rings is 1. The van der Waals surface area contributed by atoms with Crippen LogP contribution in [-0.2, 0) is 25.3 Å². The molecule has 23 heavy (non-hydrogen) atoms. The van der Waals surface area contributed by atoms with Crippen molar-refractivity contribution in [1.29, 1.82) is 0 Å². The van der Waals surface area contributed by atoms with Crippen LogP contribution in [0.2, 0.25) is 0 Å². The van der Waals surface area contributed by atoms with Crippen molar-refractivity contribution in [2.75, 3.05) is 5.32 Å². The number of fused-ring (bicyclic) bond motifs is 1. The van der Waals surface area contributed by atoms with Crippen molar-refractivity contribution in [1.82, 2.24) is 9.78 Å². The monoisotopic (exact) mass is 375 g/mol. The number of anilines is 1. The first-order chi connectivity index (χ1) is 10.8. The highest BCUT2D eigenvalue weighted by Crippen LogP contribution is 2.41. The van der Waals surface area contributed by atoms with Crippen LogP contribution in [-0.4, -0.2) is 15.7 Å². The van der Waals surface area contributed by atoms with E-state index in [1.807, 2.05) is 26.1 Å². The fourth-order valence-electron chi connectivity index (χ4n) is 3.52. The maximum Gasteiger partial charge on any atom is 0.260 e. The van der Waals surface area contributed by atoms with E-state index in [9.17, 15) is 4.79 Å². The molecule has 1 aromatic carbocycles. The fourth-order valence-corrected chi connectivity index (χ4v) is 4.16. The lowest BCUT2D eigenvalue weighted by atomic mass is 9.86. The SMILES string of the molecule is CCc1c(C(=O)Nc2cccc3c2CCC3(C)C)c(Br)nn1C. The van der Waals surface area contributed by atoms with Crippen molar-refractivity contribution in [2.24, 2.45) is 7.05 Å². The van der Waals surface area contributed by atoms with Gasteiger partial charge in [0.2, 0.25) is 0 Å². The maximum absolute atomic E-state index is 12.8. The van der Waals surface area contributed by atoms with Crippen LogP contribution in [0.15, 0.2) is 22.8 Å². The van der Waals surface area contributed by atoms with Gasteiger partial charge in [-0.15, -0.1) is 0 Å². The third-order valence-electron chi connectivity index (χ3n) is 4.84. The zero-order chi connectivity index (χ0) is 16.8. The first kappa shape index (κ1) is 16.2. The van der Waals surface area contributed by atoms with E-state index in [2.05, 4.69) is 46.3 Å². The number of amides is 1. The molecule has 3 rings (SSSR count). The predicted octanol–water partition coefficient (Wildman–Crippen LogP) is 4.22. The summed E-state index contributed by atoms with van der Waals surface area (Å²) >= 11 is 3.41. The molecule has 4 nitrogen and oxygen atoms in total. The quantitative estimate of drug-likeness (QED) is 0.872. The van der Waals surface area contributed by atoms with E-state index < -0.39 is 0 Å². The molecule has 0 fully saturated rings. The Labute approximate surface area is 145 Å². The molecule has 0 atom stereocenters. The minimum atomic E-state index is -0.0973. The zero-order valence-electron chi connectivity index (χ0n) is 14.0. The number of aromatic nitrogens is 2. The van der Waals surface area contributed by atoms with E-state index in [0.29, 0.717) is 10.2 Å². The molecule has 5 heteroatoms. The smallest absolute Gasteiger partial charge is 0.260 e. The molecule has 2 aromatic rings. The second-order valence-corrected chi connectivity index (χ2v) is 7.51. The van der Waals surface area contributed by atoms with Gasteiger partial charge in [0.05, 0.1) is 11.3 Å². The van der Waals surface area contributed by atoms with Crippen LogP contribution in [0.25, 0.3) is 0 Å². The fraction of sp³-hybridized carbons (Fsp3) is 0.444. The molecule has 0 unspecified atom stereocenters. The number of nitrogens with one attached hydrogen (secondary N) is 1. The molecule has 1 heterocycles. The van der Waals surface area contributed by atoms with Gasteiger partial charge in [0.1, 0.15) is 4.60 Å². The largest absolute Gasteiger partial charge is 0.322 e. The number of carbonyl (C=O) groups excluding carboxylic acids is 1. The van der Waals surface area contributed by atoms with Crippen LogP contribution in [0.4, 0.5) is 5.69 Å². The molecule has 0 aliphatic heterocycles. The van der Waals surface area contributed by atoms with E-state index in [-0.39, 0.29) is 11.3 Å². The molecule has 122 valence electrons. The van der Waals surface area contributed by atoms with E-state index in [4.69, 9.17) is 0 Å². The van der Waals surface area contributed by atoms with Crippen molar-refractivity contribution in [3.05, 3.63) is 45.2 Å². The Morgan fingerprint density at radius 3 is 2.87 bits per heavy atom. The van der Waals surface area contributed by atoms with Gasteiger partial charge in [-0.3, -0.25) is 9.48 Å². The first-order valence-electron chi connectivity index (χ1n) is 8.00. The minimum Gasteiger partial charge on any atom is -0.322 e. The number of halogens is 1. The van der Waals surface area contributed by atoms with Crippen molar-refractivity contribution >= 4 is 27.5 Å². The van der Waals surface area contributed by atoms with Gasteiger partial charge in [-0.05, 0) is 57.8 Å². The Balaban J connectivity index is 1.96. The van der Waals surface area contributed by atoms with Crippen LogP contribution in [0, 0.1) is 0 Å². The Morgan fingerprint density at radius 2 is 2.17 bits per heavy atom. The van der Waals surface area contributed by atoms with Gasteiger partial charge in [0.25, 0.3) is 5.91 Å². The van der Waals surface area contributed by atoms with E-state index in [1.54, 1.807) is 4.68 Å². The topological polar surface area (TPSA) is 46.9 Å². The third-order valence-corrected chi connectivity index (χ3v) is 5.39. The summed E-state index contributed by atoms with van der Waals surface area (Å²) < 4.78 is 2.36. The predicted molar refractivity (Wildman–Crippen MR) is 96.0 cm³/mol. The molecule has 1 N–H and O–H groups in total. The number of rotatable bonds is 3. The lowest BCUT2D eigenvalue weighted by Crippen LogP contribution is -2.16. The highest BCUT2D eigenvalue weighted by atomic mass is 79.9. The summed E-state index contributed by atoms with van der Waals surface area (Å²) in [6, 6.07) is 6.20. The van der Waals surface area contributed by atoms with Gasteiger partial charge >= 0.3 is 0 Å². The summed E-state index contributed by atoms with van der Waals surface area (Å²) in [5.41, 5.74) is 5.28. The van der Waals surface area contributed by atoms with E-state index in [0.717, 1.165) is 30.6 Å². The summed E-state index contributed by atoms with van der Waals surface area (Å²) in [4.78, 5) is 12.8. The van der Waals surface area contributed by atoms with Crippen molar-refractivity contribution in [3.63, 3.8) is 0 Å². The molecular weight excluding hydrogens is 354 g/mol. The molecular formula is C18H22BrN3O. The Morgan fingerprint density at radius 1 is 1.43 bits per heavy atom. The van der Waals surface area contributed by atoms with Crippen LogP contribution in [0.5, 0.6) is 0 Å². The molecule has 1 aliphatic rings. The molecule has 0 bridgehead atoms. The molecule has 0 radical (unpaired) electrons. The molecule has 1 aliphatic carbocycles. The first-order valence-corrected chi connectivity index (χ1v) is 8.79. The molecule has 0 saturated carbocycles. The highest BCUT2D eigenvalue weighted by Gasteiger charge is 2.31. The summed E-state index contributed by atoms with van der Waals surface area (Å²) in [6.45, 7) is 6.55. The van der Waals surface area contributed by atoms with Crippen molar-refractivity contribution in [3.8, 4) is 0 Å². The average molecular weight is 376 g/mol. The standard InChI is InChI=1S/C18H22BrN3O/c1-5-14-15(16(19)21-22(14)4)17(23)20-13-8-6-7-12-11(13)9-10-18(12,2)3/h6-8H,5,9-10H2,1-4H3,(H,20,23). The van der Waals surface area contributed by atoms with Gasteiger partial charge in [-0.1, -0.05) is 32.9 Å². The summed E-state index contributed by atoms with van der Waals surface area (Å²) in [5.74, 6) is -0.0973. The average Bonchev–Trinajstić information content (AvgIpc) is 2.96. The molecule has 0 spiro atoms. The van der Waals surface area contributed by atoms with E-state index >= 15 is 0 Å². The number of hydrogen-bond acceptors (Lipinski definition) is 2. The lowest BCUT2D eigenvalue weighted by molar-refractivity contribution is 0.102. The minimum absolute atomic E-state index is 0.0973. The summed E-state index contributed by atoms with van der Waals surface area (Å²) in [6.07, 6.45) is 2.89. The Hall–Kier alpha value is -1.62. The van der Waals surface area contributed by atoms with Crippen molar-refractivity contribution < 1.29 is 4.79 Å². The van der Waals surface area contributed by atoms with Crippen molar-refractivity contribution in [2.45, 2.75) is 45.4 Å². The lowest BCUT2D eigenvalue weighted by Gasteiger charge is -2.19. The highest BCUT2D eigenvalue weighted by molar-refractivity contribution is 9.10. The number of carbonyl (C=O) groups is 1. The van der Waals surface area contributed by atoms with Crippen LogP contribution < -0.4 is 5.32 Å². The van der Waals surface area contributed by atoms with Gasteiger partial charge in [-0.2, -0.15) is 5.10 Å². The Bertz CT molecular complexity index is 777. The molecule has 1 aromatic heterocycles. The van der Waals surface area contributed by atoms with Crippen LogP contribution in [0.3, 0.4) is 0 Å². The van der Waals surface area contributed by atoms with Crippen LogP contribution >= 0.6 is 15.9 Å². The van der Waals surface area contributed by atoms with Gasteiger partial charge < -0.3 is 5.32 Å². The molecule has 1 amide bonds. The second kappa shape index (κ2) is 5.78. The maximum atomic E-state index is 12.8. The number of nitrogens with zero attached hydrogens (tertiary/aromatic N) is 2. The summed E-state index contributed by atoms with van der Waals surface area (Å²) in [5, 5.41) is 7.42. The zero-order valence-corrected chi connectivity index (χ0v) is 15.6. The van der Waals surface area contributed by atoms with Crippen LogP contribution in [0.1, 0.15) is 54.4 Å². The van der Waals surface area contributed by atoms with Gasteiger partial charge in [-0.25, -0.2) is 0 Å². The number of aryl methyl sites for hydroxylation is 1. The molecule has 0 saturated heterocycles. The summed E-state index contributed by atoms with van der Waals surface area (Å²) in [7, 11) is 1.86. The third kappa shape index (κ3) is 2.71. The van der Waals surface area contributed by atoms with Gasteiger partial charge in [0, 0.05) is 12.7 Å².